The van der Waals surface area contributed by atoms with Crippen LogP contribution in [0.15, 0.2) is 48.8 Å². The number of ether oxygens (including phenoxy) is 1. The predicted octanol–water partition coefficient (Wildman–Crippen LogP) is 5.10. The minimum atomic E-state index is -1.20. The first-order valence-corrected chi connectivity index (χ1v) is 13.7. The first-order chi connectivity index (χ1) is 17.5. The molecule has 2 aromatic heterocycles. The van der Waals surface area contributed by atoms with E-state index in [0.29, 0.717) is 38.9 Å². The third-order valence-electron chi connectivity index (χ3n) is 6.12. The highest BCUT2D eigenvalue weighted by Gasteiger charge is 2.21. The Bertz CT molecular complexity index is 1390. The maximum Gasteiger partial charge on any atom is 0.227 e. The number of halogens is 2. The molecule has 1 unspecified atom stereocenters. The molecule has 1 fully saturated rings. The lowest BCUT2D eigenvalue weighted by atomic mass is 10.1. The molecule has 1 aliphatic rings. The fraction of sp³-hybridized carbons (Fsp3) is 0.280. The van der Waals surface area contributed by atoms with E-state index in [0.717, 1.165) is 48.3 Å². The largest absolute Gasteiger partial charge is 0.593 e. The van der Waals surface area contributed by atoms with Gasteiger partial charge >= 0.3 is 0 Å². The van der Waals surface area contributed by atoms with Gasteiger partial charge in [-0.25, -0.2) is 9.97 Å². The van der Waals surface area contributed by atoms with Crippen molar-refractivity contribution < 1.29 is 9.29 Å². The molecular formula is C25H26Cl2N6O2S. The number of anilines is 3. The van der Waals surface area contributed by atoms with Crippen molar-refractivity contribution in [2.75, 3.05) is 49.3 Å². The molecule has 0 radical (unpaired) electrons. The van der Waals surface area contributed by atoms with Gasteiger partial charge in [0.2, 0.25) is 5.95 Å². The van der Waals surface area contributed by atoms with Gasteiger partial charge < -0.3 is 24.8 Å². The molecule has 2 N–H and O–H groups in total. The van der Waals surface area contributed by atoms with E-state index >= 15 is 0 Å². The summed E-state index contributed by atoms with van der Waals surface area (Å²) in [6, 6.07) is 11.5. The Balaban J connectivity index is 1.52. The normalized spacial score (nSPS) is 14.8. The molecule has 2 aromatic carbocycles. The van der Waals surface area contributed by atoms with Crippen LogP contribution in [0.1, 0.15) is 6.92 Å². The summed E-state index contributed by atoms with van der Waals surface area (Å²) in [5.41, 5.74) is 3.75. The van der Waals surface area contributed by atoms with Crippen LogP contribution < -0.4 is 20.3 Å². The molecule has 5 rings (SSSR count). The van der Waals surface area contributed by atoms with Crippen LogP contribution in [0, 0.1) is 0 Å². The van der Waals surface area contributed by atoms with Gasteiger partial charge in [0.25, 0.3) is 0 Å². The van der Waals surface area contributed by atoms with Gasteiger partial charge in [-0.2, -0.15) is 3.97 Å². The lowest BCUT2D eigenvalue weighted by Crippen LogP contribution is -2.43. The topological polar surface area (TPSA) is 90.3 Å². The highest BCUT2D eigenvalue weighted by atomic mass is 35.5. The van der Waals surface area contributed by atoms with Crippen LogP contribution in [-0.2, 0) is 11.4 Å². The Morgan fingerprint density at radius 2 is 1.94 bits per heavy atom. The summed E-state index contributed by atoms with van der Waals surface area (Å²) in [5, 5.41) is 8.49. The van der Waals surface area contributed by atoms with Crippen LogP contribution in [0.4, 0.5) is 17.3 Å². The van der Waals surface area contributed by atoms with Crippen LogP contribution in [0.5, 0.6) is 5.75 Å². The number of para-hydroxylation sites is 1. The number of aromatic nitrogens is 3. The molecular weight excluding hydrogens is 519 g/mol. The van der Waals surface area contributed by atoms with Crippen molar-refractivity contribution in [3.63, 3.8) is 0 Å². The standard InChI is InChI=1S/C25H26Cl2N6O2S/c1-3-36(34)33-15-17(16-6-4-5-7-21(16)33)24-19(27)14-29-25(31-24)30-20-12-18(26)22(13-23(20)35-2)32-10-8-28-9-11-32/h4-7,12-15,28H,3,8-11H2,1-2H3,(H,29,30,31). The van der Waals surface area contributed by atoms with Gasteiger partial charge in [-0.1, -0.05) is 41.4 Å². The SMILES string of the molecule is CC[S+]([O-])n1cc(-c2nc(Nc3cc(Cl)c(N4CCNCC4)cc3OC)ncc2Cl)c2ccccc21. The van der Waals surface area contributed by atoms with E-state index < -0.39 is 11.4 Å². The number of hydrogen-bond donors (Lipinski definition) is 2. The van der Waals surface area contributed by atoms with Crippen molar-refractivity contribution in [3.05, 3.63) is 58.8 Å². The minimum absolute atomic E-state index is 0.340. The third kappa shape index (κ3) is 4.81. The van der Waals surface area contributed by atoms with Gasteiger partial charge in [-0.05, 0) is 19.1 Å². The van der Waals surface area contributed by atoms with Crippen molar-refractivity contribution in [2.24, 2.45) is 0 Å². The Morgan fingerprint density at radius 1 is 1.17 bits per heavy atom. The number of fused-ring (bicyclic) bond motifs is 1. The molecule has 11 heteroatoms. The zero-order valence-electron chi connectivity index (χ0n) is 19.9. The number of nitrogens with zero attached hydrogens (tertiary/aromatic N) is 4. The molecule has 0 saturated carbocycles. The smallest absolute Gasteiger partial charge is 0.227 e. The molecule has 0 bridgehead atoms. The van der Waals surface area contributed by atoms with E-state index in [1.54, 1.807) is 17.3 Å². The van der Waals surface area contributed by atoms with E-state index in [1.807, 2.05) is 49.5 Å². The number of nitrogens with one attached hydrogen (secondary N) is 2. The zero-order valence-corrected chi connectivity index (χ0v) is 22.3. The summed E-state index contributed by atoms with van der Waals surface area (Å²) in [4.78, 5) is 11.3. The van der Waals surface area contributed by atoms with Crippen molar-refractivity contribution >= 4 is 62.8 Å². The predicted molar refractivity (Wildman–Crippen MR) is 148 cm³/mol. The van der Waals surface area contributed by atoms with Gasteiger partial charge in [-0.3, -0.25) is 0 Å². The summed E-state index contributed by atoms with van der Waals surface area (Å²) in [6.07, 6.45) is 3.39. The maximum absolute atomic E-state index is 12.7. The van der Waals surface area contributed by atoms with Crippen LogP contribution in [0.2, 0.25) is 10.0 Å². The van der Waals surface area contributed by atoms with Crippen molar-refractivity contribution in [1.29, 1.82) is 0 Å². The van der Waals surface area contributed by atoms with Gasteiger partial charge in [0.1, 0.15) is 11.5 Å². The van der Waals surface area contributed by atoms with Crippen LogP contribution >= 0.6 is 23.2 Å². The average Bonchev–Trinajstić information content (AvgIpc) is 3.29. The molecule has 36 heavy (non-hydrogen) atoms. The van der Waals surface area contributed by atoms with Gasteiger partial charge in [0, 0.05) is 43.2 Å². The maximum atomic E-state index is 12.7. The summed E-state index contributed by atoms with van der Waals surface area (Å²) < 4.78 is 20.1. The monoisotopic (exact) mass is 544 g/mol. The molecule has 1 atom stereocenters. The fourth-order valence-corrected chi connectivity index (χ4v) is 5.70. The van der Waals surface area contributed by atoms with Crippen molar-refractivity contribution in [3.8, 4) is 17.0 Å². The van der Waals surface area contributed by atoms with E-state index in [2.05, 4.69) is 20.5 Å². The van der Waals surface area contributed by atoms with Gasteiger partial charge in [0.05, 0.1) is 63.5 Å². The van der Waals surface area contributed by atoms with E-state index in [1.165, 1.54) is 0 Å². The summed E-state index contributed by atoms with van der Waals surface area (Å²) in [7, 11) is 1.62. The number of methoxy groups -OCH3 is 1. The summed E-state index contributed by atoms with van der Waals surface area (Å²) in [6.45, 7) is 5.44. The van der Waals surface area contributed by atoms with Crippen LogP contribution in [-0.4, -0.2) is 57.5 Å². The Hall–Kier alpha value is -2.69. The second kappa shape index (κ2) is 10.7. The van der Waals surface area contributed by atoms with E-state index in [-0.39, 0.29) is 0 Å². The number of rotatable bonds is 7. The number of hydrogen-bond acceptors (Lipinski definition) is 7. The molecule has 1 aliphatic heterocycles. The van der Waals surface area contributed by atoms with Gasteiger partial charge in [-0.15, -0.1) is 0 Å². The quantitative estimate of drug-likeness (QED) is 0.313. The second-order valence-electron chi connectivity index (χ2n) is 8.25. The highest BCUT2D eigenvalue weighted by Crippen LogP contribution is 2.39. The fourth-order valence-electron chi connectivity index (χ4n) is 4.34. The third-order valence-corrected chi connectivity index (χ3v) is 7.93. The first-order valence-electron chi connectivity index (χ1n) is 11.6. The van der Waals surface area contributed by atoms with Gasteiger partial charge in [0.15, 0.2) is 0 Å². The van der Waals surface area contributed by atoms with E-state index in [4.69, 9.17) is 32.9 Å². The molecule has 1 saturated heterocycles. The first kappa shape index (κ1) is 25.0. The molecule has 0 aliphatic carbocycles. The summed E-state index contributed by atoms with van der Waals surface area (Å²) in [5.74, 6) is 1.46. The molecule has 8 nitrogen and oxygen atoms in total. The number of benzene rings is 2. The minimum Gasteiger partial charge on any atom is -0.593 e. The molecule has 188 valence electrons. The number of piperazine rings is 1. The second-order valence-corrected chi connectivity index (χ2v) is 10.7. The van der Waals surface area contributed by atoms with E-state index in [9.17, 15) is 4.55 Å². The summed E-state index contributed by atoms with van der Waals surface area (Å²) >= 11 is 12.0. The molecule has 4 aromatic rings. The highest BCUT2D eigenvalue weighted by molar-refractivity contribution is 7.90. The van der Waals surface area contributed by atoms with Crippen molar-refractivity contribution in [1.82, 2.24) is 19.3 Å². The Morgan fingerprint density at radius 3 is 2.69 bits per heavy atom. The zero-order chi connectivity index (χ0) is 25.2. The molecule has 3 heterocycles. The lowest BCUT2D eigenvalue weighted by Gasteiger charge is -2.30. The lowest BCUT2D eigenvalue weighted by molar-refractivity contribution is 0.416. The van der Waals surface area contributed by atoms with Crippen LogP contribution in [0.25, 0.3) is 22.2 Å². The van der Waals surface area contributed by atoms with Crippen LogP contribution in [0.3, 0.4) is 0 Å². The Kier molecular flexibility index (Phi) is 7.45. The average molecular weight is 545 g/mol. The van der Waals surface area contributed by atoms with Crippen molar-refractivity contribution in [2.45, 2.75) is 6.92 Å². The molecule has 0 amide bonds. The molecule has 0 spiro atoms. The Labute approximate surface area is 222 Å².